The zero-order valence-electron chi connectivity index (χ0n) is 12.3. The molecule has 0 unspecified atom stereocenters. The molecule has 0 bridgehead atoms. The van der Waals surface area contributed by atoms with Crippen LogP contribution in [0.5, 0.6) is 0 Å². The van der Waals surface area contributed by atoms with Crippen LogP contribution in [0.15, 0.2) is 0 Å². The van der Waals surface area contributed by atoms with Crippen LogP contribution >= 0.6 is 0 Å². The molecule has 0 fully saturated rings. The van der Waals surface area contributed by atoms with Gasteiger partial charge < -0.3 is 9.47 Å². The average Bonchev–Trinajstić information content (AvgIpc) is 2.48. The number of rotatable bonds is 7. The Morgan fingerprint density at radius 1 is 0.500 bits per heavy atom. The molecule has 0 spiro atoms. The van der Waals surface area contributed by atoms with E-state index in [2.05, 4.69) is 9.47 Å². The number of hydrogen-bond donors (Lipinski definition) is 0. The van der Waals surface area contributed by atoms with Crippen LogP contribution in [0, 0.1) is 0 Å². The number of hydrogen-bond acceptors (Lipinski definition) is 4. The number of ether oxygens (including phenoxy) is 2. The number of halogens is 14. The number of alkyl halides is 14. The van der Waals surface area contributed by atoms with Crippen LogP contribution in [0.4, 0.5) is 61.5 Å². The van der Waals surface area contributed by atoms with Crippen molar-refractivity contribution in [2.75, 3.05) is 13.2 Å². The van der Waals surface area contributed by atoms with Gasteiger partial charge in [0, 0.05) is 0 Å². The molecule has 0 heterocycles. The molecule has 0 aromatic heterocycles. The third-order valence-electron chi connectivity index (χ3n) is 2.56. The molecule has 0 N–H and O–H groups in total. The molecule has 0 aromatic carbocycles. The standard InChI is InChI=1S/C10H4F14O4/c11-5(12,7(15,16)9(19,20)21)3(25)27-1-2-28-4(26)6(13,14)8(17,18)10(22,23)24/h1-2H2. The summed E-state index contributed by atoms with van der Waals surface area (Å²) < 4.78 is 178. The van der Waals surface area contributed by atoms with Crippen molar-refractivity contribution in [3.8, 4) is 0 Å². The lowest BCUT2D eigenvalue weighted by molar-refractivity contribution is -0.349. The molecule has 0 atom stereocenters. The van der Waals surface area contributed by atoms with Crippen molar-refractivity contribution in [2.24, 2.45) is 0 Å². The lowest BCUT2D eigenvalue weighted by Gasteiger charge is -2.27. The summed E-state index contributed by atoms with van der Waals surface area (Å²) in [6.45, 7) is -3.94. The van der Waals surface area contributed by atoms with Gasteiger partial charge in [-0.25, -0.2) is 9.59 Å². The number of carbonyl (C=O) groups excluding carboxylic acids is 2. The first kappa shape index (κ1) is 26.0. The fraction of sp³-hybridized carbons (Fsp3) is 0.800. The Balaban J connectivity index is 4.93. The molecule has 0 saturated carbocycles. The molecule has 18 heteroatoms. The summed E-state index contributed by atoms with van der Waals surface area (Å²) >= 11 is 0. The summed E-state index contributed by atoms with van der Waals surface area (Å²) in [6.07, 6.45) is -13.9. The van der Waals surface area contributed by atoms with Crippen LogP contribution in [-0.4, -0.2) is 61.2 Å². The molecule has 28 heavy (non-hydrogen) atoms. The molecular weight excluding hydrogens is 450 g/mol. The van der Waals surface area contributed by atoms with E-state index in [-0.39, 0.29) is 0 Å². The van der Waals surface area contributed by atoms with Gasteiger partial charge in [-0.15, -0.1) is 0 Å². The monoisotopic (exact) mass is 454 g/mol. The molecule has 0 aliphatic carbocycles. The van der Waals surface area contributed by atoms with Crippen molar-refractivity contribution in [3.05, 3.63) is 0 Å². The van der Waals surface area contributed by atoms with Crippen LogP contribution in [0.1, 0.15) is 0 Å². The molecule has 0 saturated heterocycles. The van der Waals surface area contributed by atoms with Crippen molar-refractivity contribution < 1.29 is 80.5 Å². The van der Waals surface area contributed by atoms with Crippen molar-refractivity contribution in [1.29, 1.82) is 0 Å². The largest absolute Gasteiger partial charge is 0.460 e. The van der Waals surface area contributed by atoms with E-state index in [0.29, 0.717) is 0 Å². The summed E-state index contributed by atoms with van der Waals surface area (Å²) in [5.74, 6) is -34.1. The Hall–Kier alpha value is -2.04. The van der Waals surface area contributed by atoms with Gasteiger partial charge in [0.25, 0.3) is 0 Å². The first-order valence-corrected chi connectivity index (χ1v) is 6.04. The van der Waals surface area contributed by atoms with E-state index in [1.165, 1.54) is 0 Å². The van der Waals surface area contributed by atoms with Crippen LogP contribution < -0.4 is 0 Å². The summed E-state index contributed by atoms with van der Waals surface area (Å²) in [4.78, 5) is 21.2. The molecule has 0 aliphatic heterocycles. The highest BCUT2D eigenvalue weighted by molar-refractivity contribution is 5.80. The van der Waals surface area contributed by atoms with Crippen LogP contribution in [0.25, 0.3) is 0 Å². The van der Waals surface area contributed by atoms with E-state index in [4.69, 9.17) is 0 Å². The third kappa shape index (κ3) is 4.50. The van der Waals surface area contributed by atoms with E-state index < -0.39 is 61.2 Å². The maximum Gasteiger partial charge on any atom is 0.460 e. The number of carbonyl (C=O) groups is 2. The Morgan fingerprint density at radius 2 is 0.714 bits per heavy atom. The highest BCUT2D eigenvalue weighted by atomic mass is 19.4. The lowest BCUT2D eigenvalue weighted by Crippen LogP contribution is -2.57. The molecule has 0 radical (unpaired) electrons. The number of esters is 2. The predicted octanol–water partition coefficient (Wildman–Crippen LogP) is 3.74. The Bertz CT molecular complexity index is 538. The highest BCUT2D eigenvalue weighted by Gasteiger charge is 2.78. The second kappa shape index (κ2) is 7.41. The fourth-order valence-corrected chi connectivity index (χ4v) is 1.06. The summed E-state index contributed by atoms with van der Waals surface area (Å²) in [7, 11) is 0. The Labute approximate surface area is 143 Å². The molecule has 0 aromatic rings. The van der Waals surface area contributed by atoms with Gasteiger partial charge >= 0.3 is 48.0 Å². The fourth-order valence-electron chi connectivity index (χ4n) is 1.06. The molecule has 0 aliphatic rings. The summed E-state index contributed by atoms with van der Waals surface area (Å²) in [6, 6.07) is 0. The molecule has 4 nitrogen and oxygen atoms in total. The second-order valence-corrected chi connectivity index (χ2v) is 4.56. The van der Waals surface area contributed by atoms with Gasteiger partial charge in [0.15, 0.2) is 0 Å². The van der Waals surface area contributed by atoms with Gasteiger partial charge in [-0.1, -0.05) is 0 Å². The van der Waals surface area contributed by atoms with Crippen molar-refractivity contribution >= 4 is 11.9 Å². The predicted molar refractivity (Wildman–Crippen MR) is 53.8 cm³/mol. The topological polar surface area (TPSA) is 52.6 Å². The Kier molecular flexibility index (Phi) is 6.87. The van der Waals surface area contributed by atoms with E-state index in [1.54, 1.807) is 0 Å². The van der Waals surface area contributed by atoms with Gasteiger partial charge in [-0.2, -0.15) is 61.5 Å². The second-order valence-electron chi connectivity index (χ2n) is 4.56. The van der Waals surface area contributed by atoms with Crippen molar-refractivity contribution in [2.45, 2.75) is 36.0 Å². The van der Waals surface area contributed by atoms with Gasteiger partial charge in [0.2, 0.25) is 0 Å². The van der Waals surface area contributed by atoms with Gasteiger partial charge in [0.05, 0.1) is 0 Å². The van der Waals surface area contributed by atoms with Crippen molar-refractivity contribution in [3.63, 3.8) is 0 Å². The maximum atomic E-state index is 12.8. The summed E-state index contributed by atoms with van der Waals surface area (Å²) in [5.41, 5.74) is 0. The zero-order chi connectivity index (χ0) is 23.0. The van der Waals surface area contributed by atoms with Gasteiger partial charge in [-0.3, -0.25) is 0 Å². The Morgan fingerprint density at radius 3 is 0.893 bits per heavy atom. The van der Waals surface area contributed by atoms with E-state index >= 15 is 0 Å². The first-order valence-electron chi connectivity index (χ1n) is 6.04. The molecule has 166 valence electrons. The van der Waals surface area contributed by atoms with Crippen LogP contribution in [0.3, 0.4) is 0 Å². The molecule has 0 rings (SSSR count). The zero-order valence-corrected chi connectivity index (χ0v) is 12.3. The average molecular weight is 454 g/mol. The highest BCUT2D eigenvalue weighted by Crippen LogP contribution is 2.48. The quantitative estimate of drug-likeness (QED) is 0.334. The van der Waals surface area contributed by atoms with Crippen molar-refractivity contribution in [1.82, 2.24) is 0 Å². The smallest absolute Gasteiger partial charge is 0.457 e. The maximum absolute atomic E-state index is 12.8. The minimum atomic E-state index is -6.95. The van der Waals surface area contributed by atoms with E-state index in [0.717, 1.165) is 0 Å². The van der Waals surface area contributed by atoms with Crippen LogP contribution in [0.2, 0.25) is 0 Å². The third-order valence-corrected chi connectivity index (χ3v) is 2.56. The normalized spacial score (nSPS) is 14.6. The minimum Gasteiger partial charge on any atom is -0.457 e. The van der Waals surface area contributed by atoms with E-state index in [9.17, 15) is 71.1 Å². The summed E-state index contributed by atoms with van der Waals surface area (Å²) in [5, 5.41) is 0. The van der Waals surface area contributed by atoms with Crippen LogP contribution in [-0.2, 0) is 19.1 Å². The first-order chi connectivity index (χ1) is 12.0. The lowest BCUT2D eigenvalue weighted by atomic mass is 10.1. The SMILES string of the molecule is O=C(OCCOC(=O)C(F)(F)C(F)(F)C(F)(F)F)C(F)(F)C(F)(F)C(F)(F)F. The van der Waals surface area contributed by atoms with E-state index in [1.807, 2.05) is 0 Å². The molecule has 0 amide bonds. The molecular formula is C10H4F14O4. The minimum absolute atomic E-state index is 1.97. The van der Waals surface area contributed by atoms with Gasteiger partial charge in [0.1, 0.15) is 13.2 Å². The van der Waals surface area contributed by atoms with Gasteiger partial charge in [-0.05, 0) is 0 Å².